The van der Waals surface area contributed by atoms with Crippen LogP contribution in [0.3, 0.4) is 0 Å². The van der Waals surface area contributed by atoms with Gasteiger partial charge < -0.3 is 15.6 Å². The molecule has 154 valence electrons. The maximum Gasteiger partial charge on any atom is 0.191 e. The number of imidazole rings is 1. The quantitative estimate of drug-likeness (QED) is 0.195. The number of rotatable bonds is 7. The average molecular weight is 507 g/mol. The second-order valence-electron chi connectivity index (χ2n) is 7.45. The lowest BCUT2D eigenvalue weighted by Crippen LogP contribution is -2.41. The van der Waals surface area contributed by atoms with Gasteiger partial charge in [-0.1, -0.05) is 24.3 Å². The van der Waals surface area contributed by atoms with Crippen molar-refractivity contribution in [1.82, 2.24) is 20.6 Å². The first kappa shape index (κ1) is 21.5. The van der Waals surface area contributed by atoms with Gasteiger partial charge in [0.15, 0.2) is 5.96 Å². The molecule has 5 nitrogen and oxygen atoms in total. The van der Waals surface area contributed by atoms with E-state index in [0.717, 1.165) is 67.2 Å². The summed E-state index contributed by atoms with van der Waals surface area (Å²) in [4.78, 5) is 12.3. The monoisotopic (exact) mass is 507 g/mol. The molecule has 3 N–H and O–H groups in total. The number of aliphatic imine (C=N–C) groups is 1. The molecule has 1 saturated carbocycles. The van der Waals surface area contributed by atoms with Gasteiger partial charge in [0, 0.05) is 32.0 Å². The third-order valence-corrected chi connectivity index (χ3v) is 5.43. The van der Waals surface area contributed by atoms with Gasteiger partial charge in [0.2, 0.25) is 0 Å². The third-order valence-electron chi connectivity index (χ3n) is 5.43. The van der Waals surface area contributed by atoms with E-state index in [1.54, 1.807) is 19.2 Å². The number of hydrogen-bond donors (Lipinski definition) is 3. The van der Waals surface area contributed by atoms with Gasteiger partial charge in [-0.25, -0.2) is 9.37 Å². The SMILES string of the molecule is CN=C(NCCCc1nc2ccccc2[nH]1)NCC1(c2cccc(F)c2)CC1.I. The van der Waals surface area contributed by atoms with Crippen molar-refractivity contribution in [3.8, 4) is 0 Å². The van der Waals surface area contributed by atoms with Crippen LogP contribution in [0.5, 0.6) is 0 Å². The van der Waals surface area contributed by atoms with Crippen molar-refractivity contribution in [2.75, 3.05) is 20.1 Å². The first-order valence-electron chi connectivity index (χ1n) is 9.83. The average Bonchev–Trinajstić information content (AvgIpc) is 3.39. The number of nitrogens with zero attached hydrogens (tertiary/aromatic N) is 2. The molecule has 0 radical (unpaired) electrons. The molecular weight excluding hydrogens is 480 g/mol. The lowest BCUT2D eigenvalue weighted by molar-refractivity contribution is 0.606. The van der Waals surface area contributed by atoms with Crippen LogP contribution in [0.25, 0.3) is 11.0 Å². The molecule has 1 aromatic heterocycles. The summed E-state index contributed by atoms with van der Waals surface area (Å²) in [7, 11) is 1.77. The first-order chi connectivity index (χ1) is 13.7. The number of halogens is 2. The Morgan fingerprint density at radius 1 is 1.17 bits per heavy atom. The standard InChI is InChI=1S/C22H26FN5.HI/c1-24-21(26-15-22(11-12-22)16-6-4-7-17(23)14-16)25-13-5-10-20-27-18-8-2-3-9-19(18)28-20;/h2-4,6-9,14H,5,10-13,15H2,1H3,(H,27,28)(H2,24,25,26);1H. The molecule has 3 aromatic rings. The Bertz CT molecular complexity index is 947. The fraction of sp³-hybridized carbons (Fsp3) is 0.364. The number of benzene rings is 2. The predicted molar refractivity (Wildman–Crippen MR) is 127 cm³/mol. The molecule has 0 spiro atoms. The molecule has 7 heteroatoms. The van der Waals surface area contributed by atoms with E-state index in [1.165, 1.54) is 6.07 Å². The maximum atomic E-state index is 13.5. The summed E-state index contributed by atoms with van der Waals surface area (Å²) in [5.74, 6) is 1.62. The van der Waals surface area contributed by atoms with E-state index >= 15 is 0 Å². The van der Waals surface area contributed by atoms with Gasteiger partial charge in [-0.15, -0.1) is 24.0 Å². The molecule has 0 saturated heterocycles. The highest BCUT2D eigenvalue weighted by Gasteiger charge is 2.44. The molecular formula is C22H27FIN5. The smallest absolute Gasteiger partial charge is 0.191 e. The molecule has 1 fully saturated rings. The van der Waals surface area contributed by atoms with Crippen molar-refractivity contribution < 1.29 is 4.39 Å². The zero-order valence-corrected chi connectivity index (χ0v) is 18.9. The Labute approximate surface area is 187 Å². The minimum atomic E-state index is -0.170. The van der Waals surface area contributed by atoms with Gasteiger partial charge in [-0.2, -0.15) is 0 Å². The molecule has 0 amide bonds. The van der Waals surface area contributed by atoms with Gasteiger partial charge in [-0.05, 0) is 49.1 Å². The summed E-state index contributed by atoms with van der Waals surface area (Å²) >= 11 is 0. The second-order valence-corrected chi connectivity index (χ2v) is 7.45. The van der Waals surface area contributed by atoms with E-state index in [0.29, 0.717) is 0 Å². The van der Waals surface area contributed by atoms with Gasteiger partial charge in [0.05, 0.1) is 11.0 Å². The second kappa shape index (κ2) is 9.56. The lowest BCUT2D eigenvalue weighted by Gasteiger charge is -2.19. The van der Waals surface area contributed by atoms with E-state index in [4.69, 9.17) is 0 Å². The number of fused-ring (bicyclic) bond motifs is 1. The number of aryl methyl sites for hydroxylation is 1. The maximum absolute atomic E-state index is 13.5. The summed E-state index contributed by atoms with van der Waals surface area (Å²) in [5, 5.41) is 6.76. The van der Waals surface area contributed by atoms with Crippen molar-refractivity contribution in [2.45, 2.75) is 31.1 Å². The van der Waals surface area contributed by atoms with Gasteiger partial charge in [-0.3, -0.25) is 4.99 Å². The molecule has 1 aliphatic rings. The Balaban J connectivity index is 0.00000240. The topological polar surface area (TPSA) is 65.1 Å². The van der Waals surface area contributed by atoms with Crippen molar-refractivity contribution in [3.63, 3.8) is 0 Å². The van der Waals surface area contributed by atoms with Crippen LogP contribution >= 0.6 is 24.0 Å². The van der Waals surface area contributed by atoms with Crippen molar-refractivity contribution in [3.05, 3.63) is 65.7 Å². The molecule has 1 aliphatic carbocycles. The molecule has 29 heavy (non-hydrogen) atoms. The summed E-state index contributed by atoms with van der Waals surface area (Å²) in [6.45, 7) is 1.57. The highest BCUT2D eigenvalue weighted by atomic mass is 127. The van der Waals surface area contributed by atoms with Crippen molar-refractivity contribution in [2.24, 2.45) is 4.99 Å². The van der Waals surface area contributed by atoms with Crippen LogP contribution in [0.15, 0.2) is 53.5 Å². The molecule has 0 bridgehead atoms. The number of guanidine groups is 1. The summed E-state index contributed by atoms with van der Waals surface area (Å²) < 4.78 is 13.5. The minimum Gasteiger partial charge on any atom is -0.356 e. The normalized spacial score (nSPS) is 15.0. The highest BCUT2D eigenvalue weighted by Crippen LogP contribution is 2.47. The number of para-hydroxylation sites is 2. The minimum absolute atomic E-state index is 0. The van der Waals surface area contributed by atoms with Gasteiger partial charge >= 0.3 is 0 Å². The number of aromatic amines is 1. The molecule has 0 atom stereocenters. The van der Waals surface area contributed by atoms with E-state index in [1.807, 2.05) is 30.3 Å². The van der Waals surface area contributed by atoms with Gasteiger partial charge in [0.1, 0.15) is 11.6 Å². The Hall–Kier alpha value is -2.16. The number of H-pyrrole nitrogens is 1. The molecule has 0 unspecified atom stereocenters. The van der Waals surface area contributed by atoms with Crippen LogP contribution in [-0.4, -0.2) is 36.1 Å². The zero-order chi connectivity index (χ0) is 19.4. The largest absolute Gasteiger partial charge is 0.356 e. The molecule has 2 aromatic carbocycles. The van der Waals surface area contributed by atoms with Crippen LogP contribution in [0.1, 0.15) is 30.7 Å². The van der Waals surface area contributed by atoms with Crippen LogP contribution in [0.2, 0.25) is 0 Å². The van der Waals surface area contributed by atoms with Crippen molar-refractivity contribution in [1.29, 1.82) is 0 Å². The van der Waals surface area contributed by atoms with Crippen LogP contribution < -0.4 is 10.6 Å². The predicted octanol–water partition coefficient (Wildman–Crippen LogP) is 4.15. The van der Waals surface area contributed by atoms with E-state index < -0.39 is 0 Å². The molecule has 1 heterocycles. The zero-order valence-electron chi connectivity index (χ0n) is 16.5. The molecule has 4 rings (SSSR count). The Kier molecular flexibility index (Phi) is 7.10. The number of nitrogens with one attached hydrogen (secondary N) is 3. The van der Waals surface area contributed by atoms with Crippen LogP contribution in [0, 0.1) is 5.82 Å². The Morgan fingerprint density at radius 3 is 2.72 bits per heavy atom. The summed E-state index contributed by atoms with van der Waals surface area (Å²) in [6.07, 6.45) is 3.99. The summed E-state index contributed by atoms with van der Waals surface area (Å²) in [6, 6.07) is 15.0. The fourth-order valence-electron chi connectivity index (χ4n) is 3.60. The lowest BCUT2D eigenvalue weighted by atomic mass is 9.96. The van der Waals surface area contributed by atoms with Crippen molar-refractivity contribution >= 4 is 41.0 Å². The Morgan fingerprint density at radius 2 is 2.00 bits per heavy atom. The van der Waals surface area contributed by atoms with Crippen LogP contribution in [-0.2, 0) is 11.8 Å². The summed E-state index contributed by atoms with van der Waals surface area (Å²) in [5.41, 5.74) is 3.19. The van der Waals surface area contributed by atoms with Crippen LogP contribution in [0.4, 0.5) is 4.39 Å². The van der Waals surface area contributed by atoms with E-state index in [2.05, 4.69) is 25.6 Å². The highest BCUT2D eigenvalue weighted by molar-refractivity contribution is 14.0. The van der Waals surface area contributed by atoms with E-state index in [-0.39, 0.29) is 35.2 Å². The number of aromatic nitrogens is 2. The van der Waals surface area contributed by atoms with Gasteiger partial charge in [0.25, 0.3) is 0 Å². The molecule has 0 aliphatic heterocycles. The third kappa shape index (κ3) is 5.26. The fourth-order valence-corrected chi connectivity index (χ4v) is 3.60. The van der Waals surface area contributed by atoms with E-state index in [9.17, 15) is 4.39 Å². The first-order valence-corrected chi connectivity index (χ1v) is 9.83. The number of hydrogen-bond acceptors (Lipinski definition) is 2.